The molecule has 0 bridgehead atoms. The monoisotopic (exact) mass is 186 g/mol. The van der Waals surface area contributed by atoms with Gasteiger partial charge in [-0.05, 0) is 19.4 Å². The molecule has 1 unspecified atom stereocenters. The molecule has 13 heavy (non-hydrogen) atoms. The van der Waals surface area contributed by atoms with Crippen molar-refractivity contribution in [2.45, 2.75) is 24.8 Å². The van der Waals surface area contributed by atoms with Crippen molar-refractivity contribution in [1.82, 2.24) is 10.6 Å². The van der Waals surface area contributed by atoms with Gasteiger partial charge in [0.25, 0.3) is 0 Å². The van der Waals surface area contributed by atoms with Crippen LogP contribution in [0.1, 0.15) is 19.3 Å². The number of methoxy groups -OCH3 is 1. The molecule has 76 valence electrons. The summed E-state index contributed by atoms with van der Waals surface area (Å²) >= 11 is 0. The normalized spacial score (nSPS) is 27.5. The van der Waals surface area contributed by atoms with Crippen LogP contribution in [0.15, 0.2) is 0 Å². The molecule has 1 atom stereocenters. The van der Waals surface area contributed by atoms with Crippen molar-refractivity contribution in [2.75, 3.05) is 27.3 Å². The highest BCUT2D eigenvalue weighted by molar-refractivity contribution is 5.76. The largest absolute Gasteiger partial charge is 0.383 e. The number of hydrogen-bond donors (Lipinski definition) is 2. The van der Waals surface area contributed by atoms with Gasteiger partial charge >= 0.3 is 0 Å². The standard InChI is InChI=1S/C9H18N2O2/c1-10-8(12)6-9(7-13-2)4-3-5-11-9/h11H,3-7H2,1-2H3,(H,10,12). The van der Waals surface area contributed by atoms with Crippen molar-refractivity contribution in [1.29, 1.82) is 0 Å². The highest BCUT2D eigenvalue weighted by Gasteiger charge is 2.35. The quantitative estimate of drug-likeness (QED) is 0.644. The average molecular weight is 186 g/mol. The molecule has 0 spiro atoms. The fraction of sp³-hybridized carbons (Fsp3) is 0.889. The predicted molar refractivity (Wildman–Crippen MR) is 50.5 cm³/mol. The van der Waals surface area contributed by atoms with Crippen molar-refractivity contribution >= 4 is 5.91 Å². The number of carbonyl (C=O) groups excluding carboxylic acids is 1. The summed E-state index contributed by atoms with van der Waals surface area (Å²) < 4.78 is 5.13. The summed E-state index contributed by atoms with van der Waals surface area (Å²) in [6.07, 6.45) is 2.66. The fourth-order valence-corrected chi connectivity index (χ4v) is 1.87. The molecule has 0 saturated carbocycles. The van der Waals surface area contributed by atoms with E-state index >= 15 is 0 Å². The lowest BCUT2D eigenvalue weighted by molar-refractivity contribution is -0.122. The maximum atomic E-state index is 11.2. The second-order valence-electron chi connectivity index (χ2n) is 3.59. The molecule has 0 radical (unpaired) electrons. The Kier molecular flexibility index (Phi) is 3.69. The molecule has 0 aromatic heterocycles. The molecular weight excluding hydrogens is 168 g/mol. The van der Waals surface area contributed by atoms with Gasteiger partial charge in [-0.25, -0.2) is 0 Å². The van der Waals surface area contributed by atoms with Crippen molar-refractivity contribution in [3.05, 3.63) is 0 Å². The van der Waals surface area contributed by atoms with Crippen molar-refractivity contribution < 1.29 is 9.53 Å². The number of hydrogen-bond acceptors (Lipinski definition) is 3. The lowest BCUT2D eigenvalue weighted by atomic mass is 9.94. The predicted octanol–water partition coefficient (Wildman–Crippen LogP) is -0.109. The molecule has 1 amide bonds. The van der Waals surface area contributed by atoms with Gasteiger partial charge in [0.05, 0.1) is 12.1 Å². The lowest BCUT2D eigenvalue weighted by Crippen LogP contribution is -2.47. The van der Waals surface area contributed by atoms with E-state index in [1.165, 1.54) is 0 Å². The first-order chi connectivity index (χ1) is 6.22. The number of ether oxygens (including phenoxy) is 1. The van der Waals surface area contributed by atoms with Crippen LogP contribution in [0.5, 0.6) is 0 Å². The molecule has 4 heteroatoms. The summed E-state index contributed by atoms with van der Waals surface area (Å²) in [5.74, 6) is 0.0754. The summed E-state index contributed by atoms with van der Waals surface area (Å²) in [5.41, 5.74) is -0.116. The van der Waals surface area contributed by atoms with E-state index in [0.29, 0.717) is 13.0 Å². The van der Waals surface area contributed by atoms with Crippen molar-refractivity contribution in [3.8, 4) is 0 Å². The Bertz CT molecular complexity index is 176. The van der Waals surface area contributed by atoms with Crippen LogP contribution in [0.2, 0.25) is 0 Å². The van der Waals surface area contributed by atoms with Gasteiger partial charge in [-0.3, -0.25) is 4.79 Å². The second-order valence-corrected chi connectivity index (χ2v) is 3.59. The first-order valence-corrected chi connectivity index (χ1v) is 4.67. The van der Waals surface area contributed by atoms with Crippen LogP contribution >= 0.6 is 0 Å². The number of rotatable bonds is 4. The molecule has 2 N–H and O–H groups in total. The Labute approximate surface area is 79.0 Å². The third-order valence-corrected chi connectivity index (χ3v) is 2.53. The summed E-state index contributed by atoms with van der Waals surface area (Å²) in [4.78, 5) is 11.2. The molecule has 1 fully saturated rings. The van der Waals surface area contributed by atoms with E-state index in [1.807, 2.05) is 0 Å². The fourth-order valence-electron chi connectivity index (χ4n) is 1.87. The van der Waals surface area contributed by atoms with E-state index in [1.54, 1.807) is 14.2 Å². The molecule has 1 aliphatic rings. The minimum absolute atomic E-state index is 0.0754. The molecular formula is C9H18N2O2. The van der Waals surface area contributed by atoms with Gasteiger partial charge in [-0.2, -0.15) is 0 Å². The number of amides is 1. The van der Waals surface area contributed by atoms with Gasteiger partial charge in [-0.1, -0.05) is 0 Å². The van der Waals surface area contributed by atoms with Crippen LogP contribution in [-0.4, -0.2) is 38.8 Å². The van der Waals surface area contributed by atoms with Crippen LogP contribution in [0.3, 0.4) is 0 Å². The van der Waals surface area contributed by atoms with E-state index in [4.69, 9.17) is 4.74 Å². The summed E-state index contributed by atoms with van der Waals surface area (Å²) in [5, 5.41) is 5.99. The molecule has 0 aromatic carbocycles. The Balaban J connectivity index is 2.51. The van der Waals surface area contributed by atoms with E-state index in [0.717, 1.165) is 19.4 Å². The van der Waals surface area contributed by atoms with Crippen LogP contribution in [0, 0.1) is 0 Å². The Morgan fingerprint density at radius 1 is 1.69 bits per heavy atom. The first kappa shape index (κ1) is 10.5. The number of carbonyl (C=O) groups is 1. The molecule has 1 heterocycles. The Morgan fingerprint density at radius 3 is 2.92 bits per heavy atom. The van der Waals surface area contributed by atoms with Gasteiger partial charge in [0, 0.05) is 20.6 Å². The van der Waals surface area contributed by atoms with Crippen molar-refractivity contribution in [3.63, 3.8) is 0 Å². The van der Waals surface area contributed by atoms with Gasteiger partial charge in [0.1, 0.15) is 0 Å². The highest BCUT2D eigenvalue weighted by Crippen LogP contribution is 2.23. The molecule has 4 nitrogen and oxygen atoms in total. The number of nitrogens with one attached hydrogen (secondary N) is 2. The van der Waals surface area contributed by atoms with Crippen LogP contribution < -0.4 is 10.6 Å². The summed E-state index contributed by atoms with van der Waals surface area (Å²) in [6.45, 7) is 1.60. The van der Waals surface area contributed by atoms with Gasteiger partial charge in [-0.15, -0.1) is 0 Å². The molecule has 0 aliphatic carbocycles. The highest BCUT2D eigenvalue weighted by atomic mass is 16.5. The minimum atomic E-state index is -0.116. The van der Waals surface area contributed by atoms with E-state index < -0.39 is 0 Å². The first-order valence-electron chi connectivity index (χ1n) is 4.67. The summed E-state index contributed by atoms with van der Waals surface area (Å²) in [6, 6.07) is 0. The maximum Gasteiger partial charge on any atom is 0.221 e. The van der Waals surface area contributed by atoms with Crippen LogP contribution in [0.25, 0.3) is 0 Å². The van der Waals surface area contributed by atoms with Crippen LogP contribution in [0.4, 0.5) is 0 Å². The third kappa shape index (κ3) is 2.67. The zero-order valence-electron chi connectivity index (χ0n) is 8.35. The van der Waals surface area contributed by atoms with Crippen LogP contribution in [-0.2, 0) is 9.53 Å². The Morgan fingerprint density at radius 2 is 2.46 bits per heavy atom. The Hall–Kier alpha value is -0.610. The third-order valence-electron chi connectivity index (χ3n) is 2.53. The van der Waals surface area contributed by atoms with Gasteiger partial charge in [0.15, 0.2) is 0 Å². The second kappa shape index (κ2) is 4.58. The van der Waals surface area contributed by atoms with E-state index in [-0.39, 0.29) is 11.4 Å². The minimum Gasteiger partial charge on any atom is -0.383 e. The zero-order valence-corrected chi connectivity index (χ0v) is 8.35. The average Bonchev–Trinajstić information content (AvgIpc) is 2.54. The topological polar surface area (TPSA) is 50.4 Å². The molecule has 1 rings (SSSR count). The van der Waals surface area contributed by atoms with Crippen molar-refractivity contribution in [2.24, 2.45) is 0 Å². The zero-order chi connectivity index (χ0) is 9.73. The molecule has 0 aromatic rings. The molecule has 1 aliphatic heterocycles. The van der Waals surface area contributed by atoms with E-state index in [9.17, 15) is 4.79 Å². The maximum absolute atomic E-state index is 11.2. The lowest BCUT2D eigenvalue weighted by Gasteiger charge is -2.27. The smallest absolute Gasteiger partial charge is 0.221 e. The SMILES string of the molecule is CNC(=O)CC1(COC)CCCN1. The van der Waals surface area contributed by atoms with Gasteiger partial charge in [0.2, 0.25) is 5.91 Å². The summed E-state index contributed by atoms with van der Waals surface area (Å²) in [7, 11) is 3.34. The molecule has 1 saturated heterocycles. The van der Waals surface area contributed by atoms with E-state index in [2.05, 4.69) is 10.6 Å². The van der Waals surface area contributed by atoms with Gasteiger partial charge < -0.3 is 15.4 Å².